The van der Waals surface area contributed by atoms with Crippen LogP contribution in [0, 0.1) is 5.82 Å². The number of ether oxygens (including phenoxy) is 4. The fourth-order valence-corrected chi connectivity index (χ4v) is 3.78. The van der Waals surface area contributed by atoms with E-state index in [0.29, 0.717) is 17.9 Å². The van der Waals surface area contributed by atoms with Crippen LogP contribution in [0.4, 0.5) is 22.4 Å². The summed E-state index contributed by atoms with van der Waals surface area (Å²) in [7, 11) is 0. The number of nitrogens with zero attached hydrogens (tertiary/aromatic N) is 1. The minimum Gasteiger partial charge on any atom is -0.494 e. The van der Waals surface area contributed by atoms with Crippen LogP contribution in [0.25, 0.3) is 0 Å². The zero-order chi connectivity index (χ0) is 30.5. The predicted molar refractivity (Wildman–Crippen MR) is 144 cm³/mol. The van der Waals surface area contributed by atoms with Crippen LogP contribution >= 0.6 is 0 Å². The number of carbonyl (C=O) groups excluding carboxylic acids is 1. The van der Waals surface area contributed by atoms with E-state index < -0.39 is 35.7 Å². The van der Waals surface area contributed by atoms with Crippen LogP contribution in [0.1, 0.15) is 24.5 Å². The molecule has 3 aromatic rings. The Morgan fingerprint density at radius 3 is 1.98 bits per heavy atom. The summed E-state index contributed by atoms with van der Waals surface area (Å²) in [5.41, 5.74) is -0.126. The van der Waals surface area contributed by atoms with E-state index >= 15 is 0 Å². The standard InChI is InChI=1S/C30H31F4NO7/c1-2-39-27(28(36)37)20-21-4-10-24(11-5-21)41-19-17-35(16-3-18-40-25-14-8-23(31)9-15-25)29(38)42-26-12-6-22(7-13-26)30(32,33)34/h4-15,27H,2-3,16-20H2,1H3,(H,36,37). The Morgan fingerprint density at radius 2 is 1.40 bits per heavy atom. The van der Waals surface area contributed by atoms with Crippen molar-refractivity contribution in [2.24, 2.45) is 0 Å². The number of halogens is 4. The average Bonchev–Trinajstić information content (AvgIpc) is 2.95. The number of hydrogen-bond donors (Lipinski definition) is 1. The van der Waals surface area contributed by atoms with Crippen molar-refractivity contribution in [2.45, 2.75) is 32.0 Å². The second-order valence-electron chi connectivity index (χ2n) is 9.01. The van der Waals surface area contributed by atoms with Gasteiger partial charge in [0.1, 0.15) is 29.7 Å². The summed E-state index contributed by atoms with van der Waals surface area (Å²) in [6.07, 6.45) is -5.70. The zero-order valence-electron chi connectivity index (χ0n) is 22.8. The minimum atomic E-state index is -4.52. The number of alkyl halides is 3. The normalized spacial score (nSPS) is 11.9. The van der Waals surface area contributed by atoms with Crippen LogP contribution in [0.3, 0.4) is 0 Å². The fourth-order valence-electron chi connectivity index (χ4n) is 3.78. The molecule has 1 amide bonds. The van der Waals surface area contributed by atoms with Gasteiger partial charge in [0.25, 0.3) is 0 Å². The topological polar surface area (TPSA) is 94.5 Å². The van der Waals surface area contributed by atoms with Crippen molar-refractivity contribution in [3.05, 3.63) is 89.7 Å². The molecule has 0 radical (unpaired) electrons. The minimum absolute atomic E-state index is 0.0520. The largest absolute Gasteiger partial charge is 0.494 e. The van der Waals surface area contributed by atoms with Gasteiger partial charge >= 0.3 is 18.2 Å². The Labute approximate surface area is 240 Å². The first-order valence-corrected chi connectivity index (χ1v) is 13.1. The molecule has 0 aliphatic rings. The zero-order valence-corrected chi connectivity index (χ0v) is 22.8. The van der Waals surface area contributed by atoms with Crippen molar-refractivity contribution in [1.82, 2.24) is 4.90 Å². The maximum Gasteiger partial charge on any atom is 0.416 e. The van der Waals surface area contributed by atoms with Crippen molar-refractivity contribution in [3.63, 3.8) is 0 Å². The number of aliphatic carboxylic acids is 1. The van der Waals surface area contributed by atoms with Gasteiger partial charge in [0.05, 0.1) is 18.7 Å². The van der Waals surface area contributed by atoms with Gasteiger partial charge in [0.15, 0.2) is 6.10 Å². The molecule has 0 saturated carbocycles. The Balaban J connectivity index is 1.57. The molecule has 0 aliphatic carbocycles. The molecule has 226 valence electrons. The van der Waals surface area contributed by atoms with Gasteiger partial charge in [-0.1, -0.05) is 12.1 Å². The summed E-state index contributed by atoms with van der Waals surface area (Å²) in [6, 6.07) is 16.0. The summed E-state index contributed by atoms with van der Waals surface area (Å²) in [5, 5.41) is 9.26. The number of benzene rings is 3. The van der Waals surface area contributed by atoms with Crippen molar-refractivity contribution in [1.29, 1.82) is 0 Å². The lowest BCUT2D eigenvalue weighted by Crippen LogP contribution is -2.38. The van der Waals surface area contributed by atoms with Crippen molar-refractivity contribution >= 4 is 12.1 Å². The van der Waals surface area contributed by atoms with Crippen LogP contribution < -0.4 is 14.2 Å². The van der Waals surface area contributed by atoms with Crippen LogP contribution in [0.2, 0.25) is 0 Å². The number of amides is 1. The molecule has 1 atom stereocenters. The highest BCUT2D eigenvalue weighted by Gasteiger charge is 2.30. The lowest BCUT2D eigenvalue weighted by atomic mass is 10.1. The van der Waals surface area contributed by atoms with Gasteiger partial charge < -0.3 is 29.0 Å². The van der Waals surface area contributed by atoms with E-state index in [2.05, 4.69) is 0 Å². The van der Waals surface area contributed by atoms with Crippen molar-refractivity contribution < 1.29 is 51.2 Å². The number of carboxylic acid groups (broad SMARTS) is 1. The van der Waals surface area contributed by atoms with Crippen molar-refractivity contribution in [2.75, 3.05) is 32.9 Å². The molecule has 0 heterocycles. The molecule has 42 heavy (non-hydrogen) atoms. The third-order valence-electron chi connectivity index (χ3n) is 5.92. The molecule has 0 spiro atoms. The predicted octanol–water partition coefficient (Wildman–Crippen LogP) is 6.23. The highest BCUT2D eigenvalue weighted by atomic mass is 19.4. The average molecular weight is 594 g/mol. The van der Waals surface area contributed by atoms with Gasteiger partial charge in [0.2, 0.25) is 0 Å². The molecule has 1 N–H and O–H groups in total. The molecule has 0 saturated heterocycles. The summed E-state index contributed by atoms with van der Waals surface area (Å²) < 4.78 is 73.5. The maximum absolute atomic E-state index is 13.1. The van der Waals surface area contributed by atoms with Gasteiger partial charge in [-0.3, -0.25) is 0 Å². The summed E-state index contributed by atoms with van der Waals surface area (Å²) in [4.78, 5) is 25.5. The van der Waals surface area contributed by atoms with Crippen LogP contribution in [-0.4, -0.2) is 61.1 Å². The molecule has 3 aromatic carbocycles. The smallest absolute Gasteiger partial charge is 0.416 e. The summed E-state index contributed by atoms with van der Waals surface area (Å²) >= 11 is 0. The molecule has 0 aliphatic heterocycles. The van der Waals surface area contributed by atoms with Crippen molar-refractivity contribution in [3.8, 4) is 17.2 Å². The highest BCUT2D eigenvalue weighted by molar-refractivity contribution is 5.72. The van der Waals surface area contributed by atoms with Crippen LogP contribution in [0.5, 0.6) is 17.2 Å². The third kappa shape index (κ3) is 10.6. The van der Waals surface area contributed by atoms with E-state index in [1.54, 1.807) is 31.2 Å². The molecule has 0 bridgehead atoms. The molecule has 0 aromatic heterocycles. The fraction of sp³-hybridized carbons (Fsp3) is 0.333. The second-order valence-corrected chi connectivity index (χ2v) is 9.01. The van der Waals surface area contributed by atoms with E-state index in [4.69, 9.17) is 18.9 Å². The van der Waals surface area contributed by atoms with Gasteiger partial charge in [-0.2, -0.15) is 13.2 Å². The number of hydrogen-bond acceptors (Lipinski definition) is 6. The molecular formula is C30H31F4NO7. The highest BCUT2D eigenvalue weighted by Crippen LogP contribution is 2.30. The van der Waals surface area contributed by atoms with Crippen LogP contribution in [0.15, 0.2) is 72.8 Å². The van der Waals surface area contributed by atoms with E-state index in [1.165, 1.54) is 29.2 Å². The Kier molecular flexibility index (Phi) is 12.0. The summed E-state index contributed by atoms with van der Waals surface area (Å²) in [6.45, 7) is 2.52. The van der Waals surface area contributed by atoms with Gasteiger partial charge in [0, 0.05) is 19.6 Å². The quantitative estimate of drug-likeness (QED) is 0.165. The van der Waals surface area contributed by atoms with Gasteiger partial charge in [-0.25, -0.2) is 14.0 Å². The molecule has 3 rings (SSSR count). The monoisotopic (exact) mass is 593 g/mol. The van der Waals surface area contributed by atoms with E-state index in [9.17, 15) is 32.3 Å². The first kappa shape index (κ1) is 32.2. The van der Waals surface area contributed by atoms with Gasteiger partial charge in [-0.05, 0) is 79.6 Å². The SMILES string of the molecule is CCOC(Cc1ccc(OCCN(CCCOc2ccc(F)cc2)C(=O)Oc2ccc(C(F)(F)F)cc2)cc1)C(=O)O. The molecule has 0 fully saturated rings. The van der Waals surface area contributed by atoms with E-state index in [0.717, 1.165) is 29.8 Å². The first-order chi connectivity index (χ1) is 20.0. The molecule has 1 unspecified atom stereocenters. The Bertz CT molecular complexity index is 1270. The summed E-state index contributed by atoms with van der Waals surface area (Å²) in [5.74, 6) is -0.563. The molecule has 12 heteroatoms. The third-order valence-corrected chi connectivity index (χ3v) is 5.92. The number of carboxylic acids is 1. The molecule has 8 nitrogen and oxygen atoms in total. The lowest BCUT2D eigenvalue weighted by Gasteiger charge is -2.22. The Hall–Kier alpha value is -4.32. The maximum atomic E-state index is 13.1. The second kappa shape index (κ2) is 15.6. The number of rotatable bonds is 15. The molecular weight excluding hydrogens is 562 g/mol. The van der Waals surface area contributed by atoms with Crippen LogP contribution in [-0.2, 0) is 22.1 Å². The Morgan fingerprint density at radius 1 is 0.833 bits per heavy atom. The van der Waals surface area contributed by atoms with E-state index in [-0.39, 0.29) is 45.1 Å². The first-order valence-electron chi connectivity index (χ1n) is 13.1. The van der Waals surface area contributed by atoms with Gasteiger partial charge in [-0.15, -0.1) is 0 Å². The lowest BCUT2D eigenvalue weighted by molar-refractivity contribution is -0.150. The number of carbonyl (C=O) groups is 2. The van der Waals surface area contributed by atoms with E-state index in [1.807, 2.05) is 0 Å².